The van der Waals surface area contributed by atoms with Crippen molar-refractivity contribution in [3.63, 3.8) is 0 Å². The summed E-state index contributed by atoms with van der Waals surface area (Å²) in [5.74, 6) is -0.783. The first-order valence-corrected chi connectivity index (χ1v) is 13.6. The Hall–Kier alpha value is -3.10. The number of dihydropyridines is 1. The predicted molar refractivity (Wildman–Crippen MR) is 148 cm³/mol. The Labute approximate surface area is 218 Å². The van der Waals surface area contributed by atoms with Gasteiger partial charge in [-0.3, -0.25) is 19.2 Å². The molecule has 196 valence electrons. The van der Waals surface area contributed by atoms with Crippen LogP contribution in [0.1, 0.15) is 67.9 Å². The number of carbonyl (C=O) groups is 2. The second kappa shape index (κ2) is 11.1. The summed E-state index contributed by atoms with van der Waals surface area (Å²) < 4.78 is 2.14. The highest BCUT2D eigenvalue weighted by atomic mass is 16.2. The van der Waals surface area contributed by atoms with Crippen LogP contribution in [0.3, 0.4) is 0 Å². The average Bonchev–Trinajstić information content (AvgIpc) is 3.56. The molecule has 3 heterocycles. The van der Waals surface area contributed by atoms with Gasteiger partial charge in [-0.1, -0.05) is 24.5 Å². The number of hydrogen-bond acceptors (Lipinski definition) is 5. The Morgan fingerprint density at radius 2 is 2.00 bits per heavy atom. The summed E-state index contributed by atoms with van der Waals surface area (Å²) in [7, 11) is 1.98. The van der Waals surface area contributed by atoms with Crippen molar-refractivity contribution in [2.24, 2.45) is 10.9 Å². The second-order valence-electron chi connectivity index (χ2n) is 10.6. The molecule has 1 aliphatic carbocycles. The lowest BCUT2D eigenvalue weighted by atomic mass is 9.94. The SMILES string of the molecule is CNCCN1CC=C(c2cc(C(=O)NCC3C(=O)N=C(C)C=C3C)c3cnn(C4CCCC4)c3c2)CC1. The topological polar surface area (TPSA) is 91.6 Å². The number of amides is 2. The standard InChI is InChI=1S/C29H38N6O2/c1-19-14-20(2)33-29(37)25(19)17-31-28(36)24-15-22(21-8-11-34(12-9-21)13-10-30-3)16-27-26(24)18-32-35(27)23-6-4-5-7-23/h8,14-16,18,23,25,30H,4-7,9-13,17H2,1-3H3,(H,31,36). The van der Waals surface area contributed by atoms with Gasteiger partial charge in [0.15, 0.2) is 0 Å². The molecule has 1 fully saturated rings. The van der Waals surface area contributed by atoms with Crippen molar-refractivity contribution in [2.75, 3.05) is 39.8 Å². The molecule has 0 spiro atoms. The van der Waals surface area contributed by atoms with Crippen LogP contribution in [0.25, 0.3) is 16.5 Å². The lowest BCUT2D eigenvalue weighted by molar-refractivity contribution is -0.120. The third kappa shape index (κ3) is 5.45. The minimum atomic E-state index is -0.419. The molecule has 0 radical (unpaired) electrons. The Morgan fingerprint density at radius 1 is 1.19 bits per heavy atom. The van der Waals surface area contributed by atoms with E-state index < -0.39 is 5.92 Å². The molecule has 3 aliphatic rings. The molecule has 8 heteroatoms. The van der Waals surface area contributed by atoms with Crippen LogP contribution in [0.5, 0.6) is 0 Å². The number of benzene rings is 1. The van der Waals surface area contributed by atoms with Gasteiger partial charge in [0.1, 0.15) is 0 Å². The molecule has 1 atom stereocenters. The molecule has 8 nitrogen and oxygen atoms in total. The van der Waals surface area contributed by atoms with Crippen LogP contribution in [0.2, 0.25) is 0 Å². The van der Waals surface area contributed by atoms with E-state index in [-0.39, 0.29) is 18.4 Å². The summed E-state index contributed by atoms with van der Waals surface area (Å²) in [6.45, 7) is 7.90. The summed E-state index contributed by atoms with van der Waals surface area (Å²) in [6.07, 6.45) is 11.7. The van der Waals surface area contributed by atoms with Gasteiger partial charge in [-0.25, -0.2) is 4.99 Å². The molecule has 37 heavy (non-hydrogen) atoms. The summed E-state index contributed by atoms with van der Waals surface area (Å²) in [5.41, 5.74) is 5.67. The highest BCUT2D eigenvalue weighted by Crippen LogP contribution is 2.35. The smallest absolute Gasteiger partial charge is 0.254 e. The molecule has 1 unspecified atom stereocenters. The number of carbonyl (C=O) groups excluding carboxylic acids is 2. The van der Waals surface area contributed by atoms with E-state index in [4.69, 9.17) is 5.10 Å². The van der Waals surface area contributed by atoms with Crippen LogP contribution >= 0.6 is 0 Å². The van der Waals surface area contributed by atoms with Gasteiger partial charge < -0.3 is 10.6 Å². The molecule has 0 bridgehead atoms. The van der Waals surface area contributed by atoms with E-state index >= 15 is 0 Å². The number of allylic oxidation sites excluding steroid dienone is 1. The van der Waals surface area contributed by atoms with Crippen LogP contribution in [0.15, 0.2) is 41.0 Å². The number of aromatic nitrogens is 2. The number of likely N-dealkylation sites (N-methyl/N-ethyl adjacent to an activating group) is 1. The molecule has 1 aromatic heterocycles. The van der Waals surface area contributed by atoms with Gasteiger partial charge in [0.2, 0.25) is 0 Å². The fourth-order valence-electron chi connectivity index (χ4n) is 5.85. The molecule has 2 aromatic rings. The molecule has 5 rings (SSSR count). The van der Waals surface area contributed by atoms with Crippen molar-refractivity contribution in [1.82, 2.24) is 25.3 Å². The van der Waals surface area contributed by atoms with E-state index in [9.17, 15) is 9.59 Å². The lowest BCUT2D eigenvalue weighted by Crippen LogP contribution is -2.35. The molecular formula is C29H38N6O2. The zero-order valence-corrected chi connectivity index (χ0v) is 22.2. The van der Waals surface area contributed by atoms with E-state index in [2.05, 4.69) is 37.4 Å². The Morgan fingerprint density at radius 3 is 2.70 bits per heavy atom. The van der Waals surface area contributed by atoms with Gasteiger partial charge in [0.05, 0.1) is 29.2 Å². The molecule has 2 N–H and O–H groups in total. The summed E-state index contributed by atoms with van der Waals surface area (Å²) in [4.78, 5) is 32.6. The maximum atomic E-state index is 13.6. The maximum Gasteiger partial charge on any atom is 0.254 e. The third-order valence-electron chi connectivity index (χ3n) is 8.01. The maximum absolute atomic E-state index is 13.6. The molecule has 1 saturated carbocycles. The van der Waals surface area contributed by atoms with Crippen LogP contribution in [-0.2, 0) is 4.79 Å². The average molecular weight is 503 g/mol. The molecular weight excluding hydrogens is 464 g/mol. The zero-order chi connectivity index (χ0) is 25.9. The van der Waals surface area contributed by atoms with Gasteiger partial charge in [0, 0.05) is 43.8 Å². The monoisotopic (exact) mass is 502 g/mol. The van der Waals surface area contributed by atoms with Gasteiger partial charge in [-0.05, 0) is 69.5 Å². The van der Waals surface area contributed by atoms with Crippen LogP contribution in [0, 0.1) is 5.92 Å². The van der Waals surface area contributed by atoms with Gasteiger partial charge in [-0.2, -0.15) is 5.10 Å². The number of hydrogen-bond donors (Lipinski definition) is 2. The Bertz CT molecular complexity index is 1280. The van der Waals surface area contributed by atoms with Crippen molar-refractivity contribution < 1.29 is 9.59 Å². The highest BCUT2D eigenvalue weighted by molar-refractivity contribution is 6.08. The first kappa shape index (κ1) is 25.5. The van der Waals surface area contributed by atoms with Gasteiger partial charge in [-0.15, -0.1) is 0 Å². The molecule has 0 saturated heterocycles. The zero-order valence-electron chi connectivity index (χ0n) is 22.2. The normalized spacial score (nSPS) is 21.2. The molecule has 2 aliphatic heterocycles. The van der Waals surface area contributed by atoms with Crippen molar-refractivity contribution in [3.05, 3.63) is 47.2 Å². The van der Waals surface area contributed by atoms with E-state index in [1.54, 1.807) is 0 Å². The fraction of sp³-hybridized carbons (Fsp3) is 0.517. The van der Waals surface area contributed by atoms with Crippen LogP contribution in [0.4, 0.5) is 0 Å². The van der Waals surface area contributed by atoms with Gasteiger partial charge in [0.25, 0.3) is 11.8 Å². The van der Waals surface area contributed by atoms with Crippen LogP contribution < -0.4 is 10.6 Å². The number of fused-ring (bicyclic) bond motifs is 1. The summed E-state index contributed by atoms with van der Waals surface area (Å²) >= 11 is 0. The number of aliphatic imine (C=N–C) groups is 1. The van der Waals surface area contributed by atoms with Crippen LogP contribution in [-0.4, -0.2) is 72.0 Å². The van der Waals surface area contributed by atoms with Crippen molar-refractivity contribution in [1.29, 1.82) is 0 Å². The number of rotatable bonds is 8. The number of nitrogens with one attached hydrogen (secondary N) is 2. The Balaban J connectivity index is 1.44. The van der Waals surface area contributed by atoms with E-state index in [1.165, 1.54) is 18.4 Å². The third-order valence-corrected chi connectivity index (χ3v) is 8.01. The quantitative estimate of drug-likeness (QED) is 0.574. The van der Waals surface area contributed by atoms with E-state index in [0.29, 0.717) is 17.3 Å². The predicted octanol–water partition coefficient (Wildman–Crippen LogP) is 3.75. The largest absolute Gasteiger partial charge is 0.351 e. The van der Waals surface area contributed by atoms with Crippen molar-refractivity contribution >= 4 is 34.0 Å². The van der Waals surface area contributed by atoms with Crippen molar-refractivity contribution in [3.8, 4) is 0 Å². The lowest BCUT2D eigenvalue weighted by Gasteiger charge is -2.26. The van der Waals surface area contributed by atoms with Gasteiger partial charge >= 0.3 is 0 Å². The number of nitrogens with zero attached hydrogens (tertiary/aromatic N) is 4. The van der Waals surface area contributed by atoms with E-state index in [1.807, 2.05) is 39.2 Å². The molecule has 2 amide bonds. The fourth-order valence-corrected chi connectivity index (χ4v) is 5.85. The second-order valence-corrected chi connectivity index (χ2v) is 10.6. The minimum Gasteiger partial charge on any atom is -0.351 e. The Kier molecular flexibility index (Phi) is 7.67. The van der Waals surface area contributed by atoms with E-state index in [0.717, 1.165) is 67.5 Å². The summed E-state index contributed by atoms with van der Waals surface area (Å²) in [5, 5.41) is 11.9. The first-order valence-electron chi connectivity index (χ1n) is 13.6. The highest BCUT2D eigenvalue weighted by Gasteiger charge is 2.26. The molecule has 1 aromatic carbocycles. The summed E-state index contributed by atoms with van der Waals surface area (Å²) in [6, 6.07) is 4.62. The first-order chi connectivity index (χ1) is 17.9. The van der Waals surface area contributed by atoms with Crippen molar-refractivity contribution in [2.45, 2.75) is 52.0 Å². The minimum absolute atomic E-state index is 0.170.